The number of rotatable bonds is 3. The maximum absolute atomic E-state index is 13.4. The van der Waals surface area contributed by atoms with E-state index >= 15 is 0 Å². The van der Waals surface area contributed by atoms with Gasteiger partial charge in [0, 0.05) is 63.1 Å². The lowest BCUT2D eigenvalue weighted by Gasteiger charge is -2.39. The van der Waals surface area contributed by atoms with Crippen LogP contribution in [0.5, 0.6) is 0 Å². The van der Waals surface area contributed by atoms with Crippen molar-refractivity contribution in [1.29, 1.82) is 0 Å². The number of carbonyl (C=O) groups excluding carboxylic acids is 1. The van der Waals surface area contributed by atoms with Gasteiger partial charge in [0.1, 0.15) is 11.3 Å². The largest absolute Gasteiger partial charge is 0.440 e. The highest BCUT2D eigenvalue weighted by Crippen LogP contribution is 2.40. The van der Waals surface area contributed by atoms with Gasteiger partial charge in [0.05, 0.1) is 12.0 Å². The molecule has 2 fully saturated rings. The number of imidazole rings is 1. The number of amides is 1. The van der Waals surface area contributed by atoms with Crippen LogP contribution in [0.25, 0.3) is 22.4 Å². The van der Waals surface area contributed by atoms with Crippen molar-refractivity contribution in [2.75, 3.05) is 31.1 Å². The van der Waals surface area contributed by atoms with Crippen molar-refractivity contribution in [2.24, 2.45) is 7.05 Å². The molecule has 0 radical (unpaired) electrons. The third-order valence-corrected chi connectivity index (χ3v) is 5.82. The molecule has 3 aromatic heterocycles. The molecule has 3 aromatic rings. The molecule has 1 amide bonds. The molecule has 2 aliphatic rings. The summed E-state index contributed by atoms with van der Waals surface area (Å²) in [4.78, 5) is 28.0. The molecule has 1 aliphatic heterocycles. The Morgan fingerprint density at radius 1 is 1.27 bits per heavy atom. The number of aromatic nitrogens is 4. The number of aromatic amines is 1. The van der Waals surface area contributed by atoms with Gasteiger partial charge in [0.25, 0.3) is 5.92 Å². The Hall–Kier alpha value is -3.17. The zero-order chi connectivity index (χ0) is 20.9. The predicted molar refractivity (Wildman–Crippen MR) is 107 cm³/mol. The fraction of sp³-hybridized carbons (Fsp3) is 0.450. The third-order valence-electron chi connectivity index (χ3n) is 5.82. The highest BCUT2D eigenvalue weighted by Gasteiger charge is 2.51. The van der Waals surface area contributed by atoms with E-state index in [9.17, 15) is 13.6 Å². The second-order valence-electron chi connectivity index (χ2n) is 7.85. The van der Waals surface area contributed by atoms with Gasteiger partial charge in [0.2, 0.25) is 0 Å². The Morgan fingerprint density at radius 3 is 2.70 bits per heavy atom. The van der Waals surface area contributed by atoms with Crippen LogP contribution >= 0.6 is 0 Å². The zero-order valence-electron chi connectivity index (χ0n) is 16.5. The number of halogens is 2. The summed E-state index contributed by atoms with van der Waals surface area (Å²) >= 11 is 0. The fourth-order valence-electron chi connectivity index (χ4n) is 3.93. The van der Waals surface area contributed by atoms with Gasteiger partial charge >= 0.3 is 6.09 Å². The van der Waals surface area contributed by atoms with Crippen molar-refractivity contribution < 1.29 is 18.3 Å². The molecular formula is C20H22F2N6O2. The number of fused-ring (bicyclic) bond motifs is 1. The molecule has 4 heterocycles. The average Bonchev–Trinajstić information content (AvgIpc) is 3.37. The van der Waals surface area contributed by atoms with E-state index in [2.05, 4.69) is 19.9 Å². The molecule has 10 heteroatoms. The molecule has 0 aromatic carbocycles. The van der Waals surface area contributed by atoms with Gasteiger partial charge in [-0.3, -0.25) is 0 Å². The van der Waals surface area contributed by atoms with E-state index in [1.54, 1.807) is 12.5 Å². The van der Waals surface area contributed by atoms with Gasteiger partial charge in [-0.05, 0) is 18.6 Å². The van der Waals surface area contributed by atoms with Gasteiger partial charge in [-0.15, -0.1) is 0 Å². The Bertz CT molecular complexity index is 1090. The topological polar surface area (TPSA) is 79.3 Å². The number of carbonyl (C=O) groups is 1. The van der Waals surface area contributed by atoms with E-state index in [1.165, 1.54) is 4.90 Å². The molecule has 1 aliphatic carbocycles. The van der Waals surface area contributed by atoms with Crippen LogP contribution in [0.4, 0.5) is 19.3 Å². The molecular weight excluding hydrogens is 394 g/mol. The van der Waals surface area contributed by atoms with Crippen LogP contribution in [-0.2, 0) is 11.8 Å². The second-order valence-corrected chi connectivity index (χ2v) is 7.85. The number of ether oxygens (including phenoxy) is 1. The van der Waals surface area contributed by atoms with Gasteiger partial charge in [-0.2, -0.15) is 0 Å². The number of nitrogens with one attached hydrogen (secondary N) is 1. The maximum atomic E-state index is 13.4. The molecule has 0 spiro atoms. The van der Waals surface area contributed by atoms with E-state index in [1.807, 2.05) is 29.9 Å². The van der Waals surface area contributed by atoms with Gasteiger partial charge in [-0.1, -0.05) is 0 Å². The lowest BCUT2D eigenvalue weighted by Crippen LogP contribution is -2.53. The number of aryl methyl sites for hydroxylation is 1. The number of hydrogen-bond donors (Lipinski definition) is 1. The lowest BCUT2D eigenvalue weighted by molar-refractivity contribution is -0.179. The molecule has 30 heavy (non-hydrogen) atoms. The van der Waals surface area contributed by atoms with Crippen molar-refractivity contribution in [3.05, 3.63) is 30.9 Å². The van der Waals surface area contributed by atoms with Gasteiger partial charge in [-0.25, -0.2) is 23.5 Å². The summed E-state index contributed by atoms with van der Waals surface area (Å²) in [6, 6.07) is 3.97. The van der Waals surface area contributed by atoms with Crippen LogP contribution in [0.2, 0.25) is 0 Å². The quantitative estimate of drug-likeness (QED) is 0.710. The second kappa shape index (κ2) is 6.96. The van der Waals surface area contributed by atoms with Crippen LogP contribution < -0.4 is 4.90 Å². The Labute approximate surface area is 171 Å². The smallest absolute Gasteiger partial charge is 0.410 e. The van der Waals surface area contributed by atoms with E-state index < -0.39 is 18.1 Å². The summed E-state index contributed by atoms with van der Waals surface area (Å²) in [5.41, 5.74) is 3.50. The molecule has 1 saturated heterocycles. The highest BCUT2D eigenvalue weighted by molar-refractivity contribution is 5.93. The minimum atomic E-state index is -2.89. The minimum Gasteiger partial charge on any atom is -0.440 e. The summed E-state index contributed by atoms with van der Waals surface area (Å²) in [5, 5.41) is 0.975. The number of hydrogen-bond acceptors (Lipinski definition) is 5. The van der Waals surface area contributed by atoms with Crippen LogP contribution in [-0.4, -0.2) is 68.7 Å². The van der Waals surface area contributed by atoms with Crippen LogP contribution in [0.1, 0.15) is 12.8 Å². The molecule has 0 unspecified atom stereocenters. The van der Waals surface area contributed by atoms with Crippen LogP contribution in [0.15, 0.2) is 30.9 Å². The highest BCUT2D eigenvalue weighted by atomic mass is 19.3. The number of alkyl halides is 2. The van der Waals surface area contributed by atoms with Crippen molar-refractivity contribution in [2.45, 2.75) is 24.9 Å². The fourth-order valence-corrected chi connectivity index (χ4v) is 3.93. The molecule has 1 atom stereocenters. The molecule has 158 valence electrons. The summed E-state index contributed by atoms with van der Waals surface area (Å²) in [7, 11) is 1.92. The molecule has 8 nitrogen and oxygen atoms in total. The third kappa shape index (κ3) is 3.25. The molecule has 1 saturated carbocycles. The SMILES string of the molecule is Cn1cnc(-c2cc3c(N4CCN(C(=O)O[C@@H]5CCC5(F)F)CC4)ccnc3[nH]2)c1. The Balaban J connectivity index is 1.29. The lowest BCUT2D eigenvalue weighted by atomic mass is 9.91. The van der Waals surface area contributed by atoms with Gasteiger partial charge < -0.3 is 24.1 Å². The minimum absolute atomic E-state index is 0.214. The monoisotopic (exact) mass is 416 g/mol. The summed E-state index contributed by atoms with van der Waals surface area (Å²) < 4.78 is 33.6. The molecule has 0 bridgehead atoms. The van der Waals surface area contributed by atoms with E-state index in [-0.39, 0.29) is 12.8 Å². The van der Waals surface area contributed by atoms with Crippen LogP contribution in [0, 0.1) is 0 Å². The Morgan fingerprint density at radius 2 is 2.07 bits per heavy atom. The zero-order valence-corrected chi connectivity index (χ0v) is 16.5. The number of anilines is 1. The molecule has 1 N–H and O–H groups in total. The van der Waals surface area contributed by atoms with Crippen LogP contribution in [0.3, 0.4) is 0 Å². The van der Waals surface area contributed by atoms with Crippen molar-refractivity contribution in [3.63, 3.8) is 0 Å². The summed E-state index contributed by atoms with van der Waals surface area (Å²) in [6.07, 6.45) is 3.49. The van der Waals surface area contributed by atoms with Crippen molar-refractivity contribution in [1.82, 2.24) is 24.4 Å². The predicted octanol–water partition coefficient (Wildman–Crippen LogP) is 3.02. The number of piperazine rings is 1. The summed E-state index contributed by atoms with van der Waals surface area (Å²) in [6.45, 7) is 2.00. The first kappa shape index (κ1) is 18.8. The van der Waals surface area contributed by atoms with Gasteiger partial charge in [0.15, 0.2) is 6.10 Å². The first-order valence-electron chi connectivity index (χ1n) is 9.95. The maximum Gasteiger partial charge on any atom is 0.410 e. The normalized spacial score (nSPS) is 21.0. The van der Waals surface area contributed by atoms with E-state index in [4.69, 9.17) is 4.74 Å². The standard InChI is InChI=1S/C20H22F2N6O2/c1-26-11-15(24-12-26)14-10-13-16(3-5-23-18(13)25-14)27-6-8-28(9-7-27)19(29)30-17-2-4-20(17,21)22/h3,5,10-12,17H,2,4,6-9H2,1H3,(H,23,25)/t17-/m1/s1. The van der Waals surface area contributed by atoms with Crippen molar-refractivity contribution >= 4 is 22.8 Å². The first-order valence-corrected chi connectivity index (χ1v) is 9.95. The number of nitrogens with zero attached hydrogens (tertiary/aromatic N) is 5. The summed E-state index contributed by atoms with van der Waals surface area (Å²) in [5.74, 6) is -2.89. The van der Waals surface area contributed by atoms with Crippen molar-refractivity contribution in [3.8, 4) is 11.4 Å². The Kier molecular flexibility index (Phi) is 4.37. The van der Waals surface area contributed by atoms with E-state index in [0.717, 1.165) is 28.1 Å². The molecule has 5 rings (SSSR count). The number of H-pyrrole nitrogens is 1. The van der Waals surface area contributed by atoms with E-state index in [0.29, 0.717) is 26.2 Å². The first-order chi connectivity index (χ1) is 14.4. The average molecular weight is 416 g/mol. The number of pyridine rings is 1.